The molecule has 1 aliphatic heterocycles. The highest BCUT2D eigenvalue weighted by molar-refractivity contribution is 9.10. The molecule has 1 aliphatic rings. The first kappa shape index (κ1) is 12.0. The summed E-state index contributed by atoms with van der Waals surface area (Å²) in [5.74, 6) is 0. The van der Waals surface area contributed by atoms with E-state index in [2.05, 4.69) is 31.1 Å². The number of pyridine rings is 1. The van der Waals surface area contributed by atoms with E-state index in [0.717, 1.165) is 29.8 Å². The highest BCUT2D eigenvalue weighted by Gasteiger charge is 2.10. The second-order valence-corrected chi connectivity index (χ2v) is 5.01. The molecule has 16 heavy (non-hydrogen) atoms. The van der Waals surface area contributed by atoms with Crippen LogP contribution < -0.4 is 5.32 Å². The molecule has 0 aliphatic carbocycles. The molecule has 0 spiro atoms. The largest absolute Gasteiger partial charge is 0.310 e. The molecule has 0 bridgehead atoms. The minimum atomic E-state index is 0.843. The van der Waals surface area contributed by atoms with E-state index in [0.29, 0.717) is 0 Å². The van der Waals surface area contributed by atoms with Crippen molar-refractivity contribution in [2.75, 3.05) is 26.2 Å². The van der Waals surface area contributed by atoms with Crippen LogP contribution in [0, 0.1) is 0 Å². The summed E-state index contributed by atoms with van der Waals surface area (Å²) in [6.07, 6.45) is 4.57. The summed E-state index contributed by atoms with van der Waals surface area (Å²) in [6, 6.07) is 3.97. The number of nitrogens with zero attached hydrogens (tertiary/aromatic N) is 2. The quantitative estimate of drug-likeness (QED) is 0.839. The van der Waals surface area contributed by atoms with Crippen LogP contribution >= 0.6 is 15.9 Å². The fourth-order valence-corrected chi connectivity index (χ4v) is 2.39. The number of likely N-dealkylation sites (tertiary alicyclic amines) is 1. The second-order valence-electron chi connectivity index (χ2n) is 4.16. The lowest BCUT2D eigenvalue weighted by molar-refractivity contribution is 0.335. The Kier molecular flexibility index (Phi) is 4.75. The Morgan fingerprint density at radius 3 is 2.94 bits per heavy atom. The Morgan fingerprint density at radius 2 is 2.19 bits per heavy atom. The van der Waals surface area contributed by atoms with Gasteiger partial charge < -0.3 is 10.2 Å². The number of rotatable bonds is 5. The van der Waals surface area contributed by atoms with E-state index >= 15 is 0 Å². The molecular weight excluding hydrogens is 266 g/mol. The molecule has 1 saturated heterocycles. The van der Waals surface area contributed by atoms with Crippen molar-refractivity contribution in [3.05, 3.63) is 28.5 Å². The molecule has 88 valence electrons. The highest BCUT2D eigenvalue weighted by Crippen LogP contribution is 2.12. The van der Waals surface area contributed by atoms with Gasteiger partial charge in [-0.15, -0.1) is 0 Å². The van der Waals surface area contributed by atoms with E-state index in [9.17, 15) is 0 Å². The van der Waals surface area contributed by atoms with E-state index in [1.807, 2.05) is 18.3 Å². The maximum atomic E-state index is 4.32. The SMILES string of the molecule is Brc1cccnc1CNCCN1CCCC1. The summed E-state index contributed by atoms with van der Waals surface area (Å²) in [7, 11) is 0. The molecule has 1 N–H and O–H groups in total. The minimum Gasteiger partial charge on any atom is -0.310 e. The Bertz CT molecular complexity index is 324. The molecule has 2 rings (SSSR count). The number of hydrogen-bond donors (Lipinski definition) is 1. The molecular formula is C12H18BrN3. The van der Waals surface area contributed by atoms with Crippen molar-refractivity contribution in [3.63, 3.8) is 0 Å². The standard InChI is InChI=1S/C12H18BrN3/c13-11-4-3-5-15-12(11)10-14-6-9-16-7-1-2-8-16/h3-5,14H,1-2,6-10H2. The first-order chi connectivity index (χ1) is 7.86. The van der Waals surface area contributed by atoms with Gasteiger partial charge in [0.05, 0.1) is 5.69 Å². The molecule has 3 nitrogen and oxygen atoms in total. The average molecular weight is 284 g/mol. The van der Waals surface area contributed by atoms with Crippen LogP contribution in [0.5, 0.6) is 0 Å². The van der Waals surface area contributed by atoms with Gasteiger partial charge in [-0.1, -0.05) is 0 Å². The maximum Gasteiger partial charge on any atom is 0.0683 e. The number of nitrogens with one attached hydrogen (secondary N) is 1. The third kappa shape index (κ3) is 3.54. The van der Waals surface area contributed by atoms with Crippen LogP contribution in [0.25, 0.3) is 0 Å². The fraction of sp³-hybridized carbons (Fsp3) is 0.583. The van der Waals surface area contributed by atoms with Crippen LogP contribution in [0.15, 0.2) is 22.8 Å². The van der Waals surface area contributed by atoms with Crippen LogP contribution in [-0.2, 0) is 6.54 Å². The van der Waals surface area contributed by atoms with Gasteiger partial charge >= 0.3 is 0 Å². The van der Waals surface area contributed by atoms with Crippen molar-refractivity contribution >= 4 is 15.9 Å². The topological polar surface area (TPSA) is 28.2 Å². The van der Waals surface area contributed by atoms with Gasteiger partial charge in [0.2, 0.25) is 0 Å². The third-order valence-corrected chi connectivity index (χ3v) is 3.65. The summed E-state index contributed by atoms with van der Waals surface area (Å²) >= 11 is 3.50. The Balaban J connectivity index is 1.66. The Hall–Kier alpha value is -0.450. The highest BCUT2D eigenvalue weighted by atomic mass is 79.9. The van der Waals surface area contributed by atoms with Gasteiger partial charge in [0.1, 0.15) is 0 Å². The lowest BCUT2D eigenvalue weighted by Crippen LogP contribution is -2.29. The lowest BCUT2D eigenvalue weighted by atomic mass is 10.3. The first-order valence-electron chi connectivity index (χ1n) is 5.89. The summed E-state index contributed by atoms with van der Waals surface area (Å²) < 4.78 is 1.09. The van der Waals surface area contributed by atoms with Crippen molar-refractivity contribution in [1.82, 2.24) is 15.2 Å². The maximum absolute atomic E-state index is 4.32. The molecule has 4 heteroatoms. The fourth-order valence-electron chi connectivity index (χ4n) is 2.00. The lowest BCUT2D eigenvalue weighted by Gasteiger charge is -2.14. The molecule has 0 aromatic carbocycles. The molecule has 2 heterocycles. The molecule has 0 saturated carbocycles. The van der Waals surface area contributed by atoms with Crippen molar-refractivity contribution in [1.29, 1.82) is 0 Å². The third-order valence-electron chi connectivity index (χ3n) is 2.93. The predicted molar refractivity (Wildman–Crippen MR) is 69.3 cm³/mol. The van der Waals surface area contributed by atoms with E-state index in [1.54, 1.807) is 0 Å². The molecule has 1 aromatic rings. The van der Waals surface area contributed by atoms with Crippen LogP contribution in [0.1, 0.15) is 18.5 Å². The van der Waals surface area contributed by atoms with Gasteiger partial charge in [0.15, 0.2) is 0 Å². The van der Waals surface area contributed by atoms with Gasteiger partial charge in [-0.05, 0) is 54.0 Å². The molecule has 0 atom stereocenters. The predicted octanol–water partition coefficient (Wildman–Crippen LogP) is 2.03. The van der Waals surface area contributed by atoms with Gasteiger partial charge in [-0.2, -0.15) is 0 Å². The van der Waals surface area contributed by atoms with Gasteiger partial charge in [-0.3, -0.25) is 4.98 Å². The Labute approximate surface area is 105 Å². The van der Waals surface area contributed by atoms with Crippen molar-refractivity contribution in [3.8, 4) is 0 Å². The van der Waals surface area contributed by atoms with E-state index < -0.39 is 0 Å². The van der Waals surface area contributed by atoms with E-state index in [-0.39, 0.29) is 0 Å². The van der Waals surface area contributed by atoms with Crippen LogP contribution in [0.4, 0.5) is 0 Å². The molecule has 0 unspecified atom stereocenters. The molecule has 1 aromatic heterocycles. The molecule has 1 fully saturated rings. The zero-order valence-corrected chi connectivity index (χ0v) is 11.0. The second kappa shape index (κ2) is 6.33. The zero-order valence-electron chi connectivity index (χ0n) is 9.45. The average Bonchev–Trinajstić information content (AvgIpc) is 2.79. The van der Waals surface area contributed by atoms with E-state index in [4.69, 9.17) is 0 Å². The van der Waals surface area contributed by atoms with Gasteiger partial charge in [0, 0.05) is 30.3 Å². The van der Waals surface area contributed by atoms with Crippen LogP contribution in [-0.4, -0.2) is 36.1 Å². The number of hydrogen-bond acceptors (Lipinski definition) is 3. The summed E-state index contributed by atoms with van der Waals surface area (Å²) in [6.45, 7) is 5.59. The monoisotopic (exact) mass is 283 g/mol. The summed E-state index contributed by atoms with van der Waals surface area (Å²) in [5.41, 5.74) is 1.09. The van der Waals surface area contributed by atoms with Crippen LogP contribution in [0.2, 0.25) is 0 Å². The normalized spacial score (nSPS) is 16.8. The first-order valence-corrected chi connectivity index (χ1v) is 6.68. The summed E-state index contributed by atoms with van der Waals surface area (Å²) in [4.78, 5) is 6.84. The van der Waals surface area contributed by atoms with Gasteiger partial charge in [0.25, 0.3) is 0 Å². The van der Waals surface area contributed by atoms with Crippen molar-refractivity contribution in [2.24, 2.45) is 0 Å². The minimum absolute atomic E-state index is 0.843. The smallest absolute Gasteiger partial charge is 0.0683 e. The Morgan fingerprint density at radius 1 is 1.38 bits per heavy atom. The van der Waals surface area contributed by atoms with Gasteiger partial charge in [-0.25, -0.2) is 0 Å². The number of aromatic nitrogens is 1. The summed E-state index contributed by atoms with van der Waals surface area (Å²) in [5, 5.41) is 3.44. The van der Waals surface area contributed by atoms with Crippen molar-refractivity contribution < 1.29 is 0 Å². The molecule has 0 amide bonds. The van der Waals surface area contributed by atoms with Crippen LogP contribution in [0.3, 0.4) is 0 Å². The van der Waals surface area contributed by atoms with Crippen molar-refractivity contribution in [2.45, 2.75) is 19.4 Å². The zero-order chi connectivity index (χ0) is 11.2. The molecule has 0 radical (unpaired) electrons. The number of halogens is 1. The van der Waals surface area contributed by atoms with E-state index in [1.165, 1.54) is 25.9 Å².